The standard InChI is InChI=1S/2C28H35N7O8/c1-28(2,3)20-10-18(36)19(43-20)13-42-21(37)9-8-17(26(40)41)33-24(38)14-4-6-15(7-5-14)30-11-16-12-31-23-22(32-16)25(39)35-27(29)34-23;1-28(2,3)20-10-18(19(13-36)42-20)43-21(37)9-8-17(26(40)41)33-24(38)14-4-6-15(7-5-14)30-11-16-12-31-23-22(32-16)25(39)35-27(29)34-23/h2*4-7,12,17-20,30,36H,8-11,13H2,1-3H3,(H,33,38)(H,40,41)(H3,29,31,34,35,39). The Morgan fingerprint density at radius 2 is 1.08 bits per heavy atom. The molecule has 460 valence electrons. The molecule has 14 N–H and O–H groups in total. The number of hydrogen-bond donors (Lipinski definition) is 12. The lowest BCUT2D eigenvalue weighted by Crippen LogP contribution is -2.41. The second kappa shape index (κ2) is 28.1. The SMILES string of the molecule is CC(C)(C)C1CC(O)C(COC(=O)CCC(NC(=O)c2ccc(NCc3cnc4nc(N)[nH]c(=O)c4n3)cc2)C(=O)O)O1.CC(C)(C)C1CC(OC(=O)CCC(NC(=O)c2ccc(NCc3cnc4nc(N)[nH]c(=O)c4n3)cc2)C(=O)O)C(CO)O1. The minimum atomic E-state index is -1.33. The molecule has 2 aliphatic heterocycles. The van der Waals surface area contributed by atoms with Crippen LogP contribution in [-0.4, -0.2) is 158 Å². The summed E-state index contributed by atoms with van der Waals surface area (Å²) in [5, 5.41) is 50.1. The summed E-state index contributed by atoms with van der Waals surface area (Å²) in [6.07, 6.45) is -0.172. The van der Waals surface area contributed by atoms with E-state index in [2.05, 4.69) is 61.1 Å². The van der Waals surface area contributed by atoms with Gasteiger partial charge in [0.25, 0.3) is 22.9 Å². The number of H-pyrrole nitrogens is 2. The Morgan fingerprint density at radius 1 is 0.651 bits per heavy atom. The van der Waals surface area contributed by atoms with Crippen molar-refractivity contribution < 1.29 is 68.1 Å². The van der Waals surface area contributed by atoms with Gasteiger partial charge in [-0.25, -0.2) is 29.5 Å². The largest absolute Gasteiger partial charge is 0.480 e. The molecule has 6 heterocycles. The van der Waals surface area contributed by atoms with Gasteiger partial charge in [-0.2, -0.15) is 9.97 Å². The molecule has 6 aromatic rings. The first-order valence-corrected chi connectivity index (χ1v) is 27.4. The van der Waals surface area contributed by atoms with Gasteiger partial charge in [0, 0.05) is 48.2 Å². The lowest BCUT2D eigenvalue weighted by molar-refractivity contribution is -0.154. The molecule has 2 amide bonds. The minimum Gasteiger partial charge on any atom is -0.480 e. The van der Waals surface area contributed by atoms with Crippen LogP contribution in [0.15, 0.2) is 70.5 Å². The number of nitrogen functional groups attached to an aromatic ring is 2. The molecule has 30 heteroatoms. The molecule has 0 saturated carbocycles. The van der Waals surface area contributed by atoms with Gasteiger partial charge in [-0.05, 0) is 72.2 Å². The number of fused-ring (bicyclic) bond motifs is 2. The van der Waals surface area contributed by atoms with E-state index < -0.39 is 83.3 Å². The molecule has 8 unspecified atom stereocenters. The van der Waals surface area contributed by atoms with Gasteiger partial charge in [0.2, 0.25) is 11.9 Å². The molecule has 0 bridgehead atoms. The summed E-state index contributed by atoms with van der Waals surface area (Å²) in [6.45, 7) is 11.9. The quantitative estimate of drug-likeness (QED) is 0.0432. The maximum atomic E-state index is 12.7. The molecule has 0 radical (unpaired) electrons. The molecular weight excluding hydrogens is 1120 g/mol. The second-order valence-corrected chi connectivity index (χ2v) is 22.6. The first-order valence-electron chi connectivity index (χ1n) is 27.4. The third-order valence-electron chi connectivity index (χ3n) is 13.9. The van der Waals surface area contributed by atoms with E-state index in [1.807, 2.05) is 41.5 Å². The van der Waals surface area contributed by atoms with E-state index in [0.29, 0.717) is 35.6 Å². The third kappa shape index (κ3) is 17.7. The van der Waals surface area contributed by atoms with Crippen molar-refractivity contribution in [2.45, 2.75) is 142 Å². The number of aliphatic hydroxyl groups is 2. The van der Waals surface area contributed by atoms with Crippen LogP contribution in [0.4, 0.5) is 23.3 Å². The smallest absolute Gasteiger partial charge is 0.326 e. The van der Waals surface area contributed by atoms with Crippen molar-refractivity contribution in [2.75, 3.05) is 35.3 Å². The number of esters is 2. The van der Waals surface area contributed by atoms with E-state index in [1.165, 1.54) is 36.7 Å². The van der Waals surface area contributed by atoms with Crippen LogP contribution in [0.2, 0.25) is 0 Å². The minimum absolute atomic E-state index is 0.0534. The van der Waals surface area contributed by atoms with Crippen molar-refractivity contribution in [1.82, 2.24) is 50.5 Å². The van der Waals surface area contributed by atoms with Crippen molar-refractivity contribution in [3.8, 4) is 0 Å². The fourth-order valence-electron chi connectivity index (χ4n) is 8.97. The number of benzene rings is 2. The normalized spacial score (nSPS) is 19.1. The lowest BCUT2D eigenvalue weighted by Gasteiger charge is -2.26. The van der Waals surface area contributed by atoms with Crippen molar-refractivity contribution in [3.63, 3.8) is 0 Å². The average molecular weight is 1200 g/mol. The van der Waals surface area contributed by atoms with E-state index in [-0.39, 0.29) is 120 Å². The van der Waals surface area contributed by atoms with E-state index >= 15 is 0 Å². The zero-order valence-electron chi connectivity index (χ0n) is 48.0. The molecule has 0 spiro atoms. The number of nitrogens with zero attached hydrogens (tertiary/aromatic N) is 6. The van der Waals surface area contributed by atoms with Crippen molar-refractivity contribution in [2.24, 2.45) is 10.8 Å². The molecule has 2 aliphatic rings. The summed E-state index contributed by atoms with van der Waals surface area (Å²) in [6, 6.07) is 9.87. The van der Waals surface area contributed by atoms with Gasteiger partial charge in [0.1, 0.15) is 37.0 Å². The van der Waals surface area contributed by atoms with Gasteiger partial charge in [0.05, 0.1) is 61.8 Å². The number of aliphatic hydroxyl groups excluding tert-OH is 2. The number of amides is 2. The van der Waals surface area contributed by atoms with Crippen LogP contribution >= 0.6 is 0 Å². The van der Waals surface area contributed by atoms with Crippen LogP contribution in [0.5, 0.6) is 0 Å². The first kappa shape index (κ1) is 64.3. The number of ether oxygens (including phenoxy) is 4. The molecular formula is C56H70N14O16. The highest BCUT2D eigenvalue weighted by Gasteiger charge is 2.43. The second-order valence-electron chi connectivity index (χ2n) is 22.6. The van der Waals surface area contributed by atoms with Crippen LogP contribution in [-0.2, 0) is 51.2 Å². The van der Waals surface area contributed by atoms with Gasteiger partial charge in [-0.3, -0.25) is 38.7 Å². The number of carboxylic acid groups (broad SMARTS) is 2. The molecule has 30 nitrogen and oxygen atoms in total. The Hall–Kier alpha value is -9.26. The Bertz CT molecular complexity index is 3540. The van der Waals surface area contributed by atoms with Crippen molar-refractivity contribution in [1.29, 1.82) is 0 Å². The summed E-state index contributed by atoms with van der Waals surface area (Å²) >= 11 is 0. The number of aromatic amines is 2. The van der Waals surface area contributed by atoms with E-state index in [4.69, 9.17) is 30.4 Å². The number of rotatable bonds is 22. The van der Waals surface area contributed by atoms with Crippen LogP contribution in [0.3, 0.4) is 0 Å². The molecule has 2 saturated heterocycles. The zero-order chi connectivity index (χ0) is 62.6. The molecule has 8 rings (SSSR count). The highest BCUT2D eigenvalue weighted by atomic mass is 16.6. The highest BCUT2D eigenvalue weighted by Crippen LogP contribution is 2.36. The van der Waals surface area contributed by atoms with E-state index in [9.17, 15) is 58.8 Å². The van der Waals surface area contributed by atoms with Gasteiger partial charge < -0.3 is 72.1 Å². The van der Waals surface area contributed by atoms with Crippen LogP contribution in [0.1, 0.15) is 112 Å². The molecule has 8 atom stereocenters. The number of carbonyl (C=O) groups is 6. The Labute approximate surface area is 490 Å². The molecule has 86 heavy (non-hydrogen) atoms. The van der Waals surface area contributed by atoms with Gasteiger partial charge in [-0.1, -0.05) is 41.5 Å². The summed E-state index contributed by atoms with van der Waals surface area (Å²) in [5.74, 6) is -5.26. The van der Waals surface area contributed by atoms with E-state index in [0.717, 1.165) is 0 Å². The summed E-state index contributed by atoms with van der Waals surface area (Å²) in [5.41, 5.74) is 12.6. The molecule has 2 aromatic carbocycles. The monoisotopic (exact) mass is 1190 g/mol. The Kier molecular flexibility index (Phi) is 21.0. The van der Waals surface area contributed by atoms with E-state index in [1.54, 1.807) is 24.3 Å². The summed E-state index contributed by atoms with van der Waals surface area (Å²) < 4.78 is 22.3. The maximum absolute atomic E-state index is 12.7. The number of anilines is 4. The summed E-state index contributed by atoms with van der Waals surface area (Å²) in [4.78, 5) is 127. The summed E-state index contributed by atoms with van der Waals surface area (Å²) in [7, 11) is 0. The van der Waals surface area contributed by atoms with Crippen LogP contribution in [0, 0.1) is 10.8 Å². The van der Waals surface area contributed by atoms with Gasteiger partial charge in [0.15, 0.2) is 22.3 Å². The predicted molar refractivity (Wildman–Crippen MR) is 308 cm³/mol. The lowest BCUT2D eigenvalue weighted by atomic mass is 9.87. The molecule has 4 aromatic heterocycles. The van der Waals surface area contributed by atoms with Crippen molar-refractivity contribution >= 4 is 81.3 Å². The molecule has 0 aliphatic carbocycles. The molecule has 2 fully saturated rings. The number of hydrogen-bond acceptors (Lipinski definition) is 24. The topological polar surface area (TPSA) is 463 Å². The van der Waals surface area contributed by atoms with Gasteiger partial charge >= 0.3 is 23.9 Å². The highest BCUT2D eigenvalue weighted by molar-refractivity contribution is 5.97. The van der Waals surface area contributed by atoms with Crippen LogP contribution in [0.25, 0.3) is 22.3 Å². The number of carbonyl (C=O) groups excluding carboxylic acids is 4. The number of nitrogens with one attached hydrogen (secondary N) is 6. The fraction of sp³-hybridized carbons (Fsp3) is 0.464. The predicted octanol–water partition coefficient (Wildman–Crippen LogP) is 1.96. The number of nitrogens with two attached hydrogens (primary N) is 2. The third-order valence-corrected chi connectivity index (χ3v) is 13.9. The number of carboxylic acids is 2. The Morgan fingerprint density at radius 3 is 1.50 bits per heavy atom. The van der Waals surface area contributed by atoms with Gasteiger partial charge in [-0.15, -0.1) is 0 Å². The Balaban J connectivity index is 0.000000246. The van der Waals surface area contributed by atoms with Crippen LogP contribution < -0.4 is 43.9 Å². The maximum Gasteiger partial charge on any atom is 0.326 e. The number of aromatic nitrogens is 8. The first-order chi connectivity index (χ1) is 40.6. The van der Waals surface area contributed by atoms with Crippen molar-refractivity contribution in [3.05, 3.63) is 104 Å². The average Bonchev–Trinajstić information content (AvgIpc) is 1.72. The number of aliphatic carboxylic acids is 2. The fourth-order valence-corrected chi connectivity index (χ4v) is 8.97. The zero-order valence-corrected chi connectivity index (χ0v) is 48.0.